The number of H-pyrrole nitrogens is 1. The number of nitrogen functional groups attached to an aromatic ring is 1. The zero-order valence-corrected chi connectivity index (χ0v) is 12.1. The molecule has 6 N–H and O–H groups in total. The third-order valence-electron chi connectivity index (χ3n) is 2.88. The van der Waals surface area contributed by atoms with Gasteiger partial charge in [0.05, 0.1) is 5.69 Å². The molecule has 7 nitrogen and oxygen atoms in total. The molecule has 0 spiro atoms. The summed E-state index contributed by atoms with van der Waals surface area (Å²) in [5, 5.41) is 18.6. The molecule has 0 atom stereocenters. The minimum absolute atomic E-state index is 0.251. The molecule has 0 aromatic carbocycles. The van der Waals surface area contributed by atoms with E-state index in [4.69, 9.17) is 16.7 Å². The molecule has 0 aliphatic rings. The van der Waals surface area contributed by atoms with Crippen molar-refractivity contribution < 1.29 is 0 Å². The minimum Gasteiger partial charge on any atom is -0.381 e. The first-order chi connectivity index (χ1) is 9.54. The van der Waals surface area contributed by atoms with E-state index in [0.717, 1.165) is 25.1 Å². The van der Waals surface area contributed by atoms with Crippen LogP contribution in [0.15, 0.2) is 4.99 Å². The van der Waals surface area contributed by atoms with E-state index >= 15 is 0 Å². The number of hydrogen-bond donors (Lipinski definition) is 4. The number of nitrogens with zero attached hydrogens (tertiary/aromatic N) is 3. The number of aromatic nitrogens is 2. The van der Waals surface area contributed by atoms with E-state index in [9.17, 15) is 0 Å². The van der Waals surface area contributed by atoms with Gasteiger partial charge in [0.2, 0.25) is 0 Å². The highest BCUT2D eigenvalue weighted by Crippen LogP contribution is 2.13. The van der Waals surface area contributed by atoms with E-state index in [0.29, 0.717) is 30.4 Å². The van der Waals surface area contributed by atoms with Gasteiger partial charge < -0.3 is 16.8 Å². The topological polar surface area (TPSA) is 129 Å². The summed E-state index contributed by atoms with van der Waals surface area (Å²) in [6.45, 7) is 5.77. The standard InChI is InChI=1S/C13H23N7/c1-9(2)5-7-18-13(16)17-6-3-4-11-10(8-14)12(15)20-19-11/h9H,3-7H2,1-2H3,(H3,15,19,20)(H3,16,17,18). The van der Waals surface area contributed by atoms with Crippen LogP contribution in [0.5, 0.6) is 0 Å². The number of aliphatic imine (C=N–C) groups is 1. The van der Waals surface area contributed by atoms with E-state index in [1.807, 2.05) is 6.07 Å². The van der Waals surface area contributed by atoms with Gasteiger partial charge in [-0.15, -0.1) is 0 Å². The van der Waals surface area contributed by atoms with Crippen LogP contribution in [0.3, 0.4) is 0 Å². The Hall–Kier alpha value is -2.23. The van der Waals surface area contributed by atoms with Gasteiger partial charge in [0.25, 0.3) is 0 Å². The largest absolute Gasteiger partial charge is 0.381 e. The Morgan fingerprint density at radius 2 is 2.30 bits per heavy atom. The fraction of sp³-hybridized carbons (Fsp3) is 0.615. The Labute approximate surface area is 119 Å². The fourth-order valence-electron chi connectivity index (χ4n) is 1.70. The summed E-state index contributed by atoms with van der Waals surface area (Å²) in [7, 11) is 0. The Morgan fingerprint density at radius 1 is 1.55 bits per heavy atom. The normalized spacial score (nSPS) is 11.6. The highest BCUT2D eigenvalue weighted by atomic mass is 15.2. The summed E-state index contributed by atoms with van der Waals surface area (Å²) in [6.07, 6.45) is 2.52. The number of nitriles is 1. The summed E-state index contributed by atoms with van der Waals surface area (Å²) < 4.78 is 0. The molecule has 20 heavy (non-hydrogen) atoms. The van der Waals surface area contributed by atoms with E-state index in [2.05, 4.69) is 34.4 Å². The molecule has 0 aliphatic carbocycles. The second kappa shape index (κ2) is 8.04. The summed E-state index contributed by atoms with van der Waals surface area (Å²) in [5.74, 6) is 1.36. The average molecular weight is 277 g/mol. The monoisotopic (exact) mass is 277 g/mol. The Balaban J connectivity index is 2.28. The van der Waals surface area contributed by atoms with E-state index in [1.165, 1.54) is 0 Å². The lowest BCUT2D eigenvalue weighted by Gasteiger charge is -2.07. The van der Waals surface area contributed by atoms with Crippen molar-refractivity contribution in [2.75, 3.05) is 18.8 Å². The second-order valence-electron chi connectivity index (χ2n) is 5.05. The van der Waals surface area contributed by atoms with Crippen molar-refractivity contribution in [3.05, 3.63) is 11.3 Å². The Kier molecular flexibility index (Phi) is 6.37. The van der Waals surface area contributed by atoms with Crippen LogP contribution in [0.25, 0.3) is 0 Å². The lowest BCUT2D eigenvalue weighted by molar-refractivity contribution is 0.576. The number of rotatable bonds is 7. The molecule has 0 aliphatic heterocycles. The van der Waals surface area contributed by atoms with Crippen molar-refractivity contribution in [1.82, 2.24) is 15.5 Å². The predicted molar refractivity (Wildman–Crippen MR) is 80.0 cm³/mol. The lowest BCUT2D eigenvalue weighted by atomic mass is 10.1. The Bertz CT molecular complexity index is 481. The first kappa shape index (κ1) is 15.8. The molecule has 0 saturated carbocycles. The molecule has 0 saturated heterocycles. The van der Waals surface area contributed by atoms with Crippen LogP contribution in [0, 0.1) is 17.2 Å². The molecular formula is C13H23N7. The number of aromatic amines is 1. The van der Waals surface area contributed by atoms with Gasteiger partial charge in [0.15, 0.2) is 11.8 Å². The predicted octanol–water partition coefficient (Wildman–Crippen LogP) is 0.747. The maximum absolute atomic E-state index is 8.93. The zero-order chi connectivity index (χ0) is 15.0. The molecule has 1 aromatic heterocycles. The van der Waals surface area contributed by atoms with Crippen LogP contribution in [0.4, 0.5) is 5.82 Å². The summed E-state index contributed by atoms with van der Waals surface area (Å²) in [4.78, 5) is 4.23. The number of aryl methyl sites for hydroxylation is 1. The lowest BCUT2D eigenvalue weighted by Crippen LogP contribution is -2.33. The van der Waals surface area contributed by atoms with Crippen LogP contribution in [-0.4, -0.2) is 29.2 Å². The third-order valence-corrected chi connectivity index (χ3v) is 2.88. The molecule has 0 bridgehead atoms. The molecule has 7 heteroatoms. The van der Waals surface area contributed by atoms with Gasteiger partial charge >= 0.3 is 0 Å². The van der Waals surface area contributed by atoms with Crippen LogP contribution >= 0.6 is 0 Å². The SMILES string of the molecule is CC(C)CCNC(N)=NCCCc1[nH]nc(N)c1C#N. The number of anilines is 1. The summed E-state index contributed by atoms with van der Waals surface area (Å²) in [5.41, 5.74) is 12.5. The van der Waals surface area contributed by atoms with Gasteiger partial charge in [-0.25, -0.2) is 0 Å². The summed E-state index contributed by atoms with van der Waals surface area (Å²) in [6, 6.07) is 2.04. The Morgan fingerprint density at radius 3 is 2.95 bits per heavy atom. The highest BCUT2D eigenvalue weighted by molar-refractivity contribution is 5.77. The minimum atomic E-state index is 0.251. The fourth-order valence-corrected chi connectivity index (χ4v) is 1.70. The van der Waals surface area contributed by atoms with Crippen LogP contribution in [0.1, 0.15) is 37.9 Å². The van der Waals surface area contributed by atoms with Crippen LogP contribution in [0.2, 0.25) is 0 Å². The molecule has 0 fully saturated rings. The highest BCUT2D eigenvalue weighted by Gasteiger charge is 2.09. The number of guanidine groups is 1. The molecule has 0 amide bonds. The number of hydrogen-bond acceptors (Lipinski definition) is 4. The number of nitrogens with one attached hydrogen (secondary N) is 2. The average Bonchev–Trinajstić information content (AvgIpc) is 2.74. The third kappa shape index (κ3) is 5.18. The smallest absolute Gasteiger partial charge is 0.188 e. The second-order valence-corrected chi connectivity index (χ2v) is 5.05. The maximum Gasteiger partial charge on any atom is 0.188 e. The van der Waals surface area contributed by atoms with Gasteiger partial charge in [-0.05, 0) is 25.2 Å². The van der Waals surface area contributed by atoms with Gasteiger partial charge in [0.1, 0.15) is 11.6 Å². The molecule has 0 radical (unpaired) electrons. The van der Waals surface area contributed by atoms with Crippen LogP contribution in [-0.2, 0) is 6.42 Å². The molecule has 0 unspecified atom stereocenters. The van der Waals surface area contributed by atoms with Gasteiger partial charge in [-0.1, -0.05) is 13.8 Å². The molecule has 110 valence electrons. The van der Waals surface area contributed by atoms with Crippen molar-refractivity contribution in [2.24, 2.45) is 16.6 Å². The van der Waals surface area contributed by atoms with Gasteiger partial charge in [-0.3, -0.25) is 10.1 Å². The molecular weight excluding hydrogens is 254 g/mol. The maximum atomic E-state index is 8.93. The van der Waals surface area contributed by atoms with Crippen molar-refractivity contribution in [1.29, 1.82) is 5.26 Å². The van der Waals surface area contributed by atoms with E-state index in [1.54, 1.807) is 0 Å². The van der Waals surface area contributed by atoms with E-state index in [-0.39, 0.29) is 5.82 Å². The van der Waals surface area contributed by atoms with Gasteiger partial charge in [0, 0.05) is 13.1 Å². The van der Waals surface area contributed by atoms with Crippen molar-refractivity contribution >= 4 is 11.8 Å². The first-order valence-electron chi connectivity index (χ1n) is 6.81. The summed E-state index contributed by atoms with van der Waals surface area (Å²) >= 11 is 0. The van der Waals surface area contributed by atoms with Crippen molar-refractivity contribution in [3.8, 4) is 6.07 Å². The quantitative estimate of drug-likeness (QED) is 0.332. The number of nitrogens with two attached hydrogens (primary N) is 2. The molecule has 1 rings (SSSR count). The first-order valence-corrected chi connectivity index (χ1v) is 6.81. The van der Waals surface area contributed by atoms with Gasteiger partial charge in [-0.2, -0.15) is 10.4 Å². The molecule has 1 heterocycles. The van der Waals surface area contributed by atoms with Crippen molar-refractivity contribution in [3.63, 3.8) is 0 Å². The zero-order valence-electron chi connectivity index (χ0n) is 12.1. The molecule has 1 aromatic rings. The van der Waals surface area contributed by atoms with Crippen molar-refractivity contribution in [2.45, 2.75) is 33.1 Å². The van der Waals surface area contributed by atoms with E-state index < -0.39 is 0 Å². The van der Waals surface area contributed by atoms with Crippen LogP contribution < -0.4 is 16.8 Å².